The zero-order valence-electron chi connectivity index (χ0n) is 12.2. The standard InChI is InChI=1S/C15H19BrClN3O/c1-3-4-5-14-19-12(15(17)20-14)9-18-10-6-7-11(16)13(8-10)21-2/h6-8,18H,3-5,9H2,1-2H3,(H,19,20). The van der Waals surface area contributed by atoms with E-state index in [1.165, 1.54) is 0 Å². The van der Waals surface area contributed by atoms with Crippen molar-refractivity contribution in [2.45, 2.75) is 32.7 Å². The Morgan fingerprint density at radius 3 is 2.95 bits per heavy atom. The van der Waals surface area contributed by atoms with Crippen LogP contribution in [0.1, 0.15) is 31.3 Å². The Morgan fingerprint density at radius 2 is 2.24 bits per heavy atom. The van der Waals surface area contributed by atoms with E-state index in [0.717, 1.165) is 46.7 Å². The van der Waals surface area contributed by atoms with Gasteiger partial charge < -0.3 is 15.0 Å². The molecule has 0 fully saturated rings. The number of benzene rings is 1. The molecule has 0 aliphatic heterocycles. The first-order valence-corrected chi connectivity index (χ1v) is 8.11. The third-order valence-corrected chi connectivity index (χ3v) is 4.13. The SMILES string of the molecule is CCCCc1nc(Cl)c(CNc2ccc(Br)c(OC)c2)[nH]1. The highest BCUT2D eigenvalue weighted by molar-refractivity contribution is 9.10. The summed E-state index contributed by atoms with van der Waals surface area (Å²) in [7, 11) is 1.65. The normalized spacial score (nSPS) is 10.7. The van der Waals surface area contributed by atoms with Crippen LogP contribution in [0.5, 0.6) is 5.75 Å². The number of ether oxygens (including phenoxy) is 1. The van der Waals surface area contributed by atoms with Crippen molar-refractivity contribution in [2.24, 2.45) is 0 Å². The Bertz CT molecular complexity index is 601. The highest BCUT2D eigenvalue weighted by atomic mass is 79.9. The molecule has 0 amide bonds. The highest BCUT2D eigenvalue weighted by Crippen LogP contribution is 2.28. The van der Waals surface area contributed by atoms with E-state index in [0.29, 0.717) is 11.7 Å². The number of nitrogens with zero attached hydrogens (tertiary/aromatic N) is 1. The summed E-state index contributed by atoms with van der Waals surface area (Å²) < 4.78 is 6.20. The Kier molecular flexibility index (Phi) is 5.94. The minimum Gasteiger partial charge on any atom is -0.495 e. The number of aryl methyl sites for hydroxylation is 1. The summed E-state index contributed by atoms with van der Waals surface area (Å²) in [4.78, 5) is 7.63. The Balaban J connectivity index is 2.01. The topological polar surface area (TPSA) is 49.9 Å². The molecule has 0 radical (unpaired) electrons. The molecule has 0 bridgehead atoms. The quantitative estimate of drug-likeness (QED) is 0.734. The molecule has 1 aromatic carbocycles. The van der Waals surface area contributed by atoms with Crippen molar-refractivity contribution in [3.8, 4) is 5.75 Å². The van der Waals surface area contributed by atoms with Gasteiger partial charge in [0.15, 0.2) is 5.15 Å². The number of aromatic amines is 1. The smallest absolute Gasteiger partial charge is 0.152 e. The molecular weight excluding hydrogens is 354 g/mol. The lowest BCUT2D eigenvalue weighted by Crippen LogP contribution is -2.01. The van der Waals surface area contributed by atoms with Crippen LogP contribution >= 0.6 is 27.5 Å². The van der Waals surface area contributed by atoms with E-state index in [9.17, 15) is 0 Å². The first-order valence-electron chi connectivity index (χ1n) is 6.94. The first-order chi connectivity index (χ1) is 10.1. The van der Waals surface area contributed by atoms with E-state index in [1.54, 1.807) is 7.11 Å². The highest BCUT2D eigenvalue weighted by Gasteiger charge is 2.08. The molecule has 0 aliphatic rings. The lowest BCUT2D eigenvalue weighted by atomic mass is 10.2. The van der Waals surface area contributed by atoms with Gasteiger partial charge in [-0.15, -0.1) is 0 Å². The third kappa shape index (κ3) is 4.38. The van der Waals surface area contributed by atoms with Gasteiger partial charge in [0.25, 0.3) is 0 Å². The molecule has 2 N–H and O–H groups in total. The van der Waals surface area contributed by atoms with Gasteiger partial charge in [-0.3, -0.25) is 0 Å². The number of aromatic nitrogens is 2. The molecule has 0 spiro atoms. The summed E-state index contributed by atoms with van der Waals surface area (Å²) in [6.07, 6.45) is 3.19. The van der Waals surface area contributed by atoms with Gasteiger partial charge in [0.2, 0.25) is 0 Å². The fraction of sp³-hybridized carbons (Fsp3) is 0.400. The summed E-state index contributed by atoms with van der Waals surface area (Å²) >= 11 is 9.59. The van der Waals surface area contributed by atoms with Gasteiger partial charge in [-0.1, -0.05) is 24.9 Å². The third-order valence-electron chi connectivity index (χ3n) is 3.16. The Morgan fingerprint density at radius 1 is 1.43 bits per heavy atom. The van der Waals surface area contributed by atoms with Gasteiger partial charge in [0, 0.05) is 18.2 Å². The van der Waals surface area contributed by atoms with E-state index in [1.807, 2.05) is 18.2 Å². The number of anilines is 1. The lowest BCUT2D eigenvalue weighted by Gasteiger charge is -2.08. The number of hydrogen-bond acceptors (Lipinski definition) is 3. The van der Waals surface area contributed by atoms with Crippen molar-refractivity contribution >= 4 is 33.2 Å². The Labute approximate surface area is 138 Å². The minimum atomic E-state index is 0.540. The van der Waals surface area contributed by atoms with Crippen molar-refractivity contribution < 1.29 is 4.74 Å². The molecule has 21 heavy (non-hydrogen) atoms. The van der Waals surface area contributed by atoms with Crippen molar-refractivity contribution in [1.82, 2.24) is 9.97 Å². The molecule has 2 aromatic rings. The molecule has 2 rings (SSSR count). The van der Waals surface area contributed by atoms with Gasteiger partial charge in [-0.25, -0.2) is 4.98 Å². The van der Waals surface area contributed by atoms with E-state index in [4.69, 9.17) is 16.3 Å². The number of imidazole rings is 1. The zero-order chi connectivity index (χ0) is 15.2. The summed E-state index contributed by atoms with van der Waals surface area (Å²) in [6, 6.07) is 5.86. The van der Waals surface area contributed by atoms with Crippen molar-refractivity contribution in [2.75, 3.05) is 12.4 Å². The number of halogens is 2. The largest absolute Gasteiger partial charge is 0.495 e. The second kappa shape index (κ2) is 7.71. The van der Waals surface area contributed by atoms with E-state index in [2.05, 4.69) is 38.1 Å². The fourth-order valence-corrected chi connectivity index (χ4v) is 2.60. The second-order valence-corrected chi connectivity index (χ2v) is 5.97. The number of methoxy groups -OCH3 is 1. The van der Waals surface area contributed by atoms with Gasteiger partial charge in [0.05, 0.1) is 23.8 Å². The molecule has 0 saturated carbocycles. The number of unbranched alkanes of at least 4 members (excludes halogenated alkanes) is 1. The van der Waals surface area contributed by atoms with Crippen LogP contribution in [-0.4, -0.2) is 17.1 Å². The molecule has 4 nitrogen and oxygen atoms in total. The summed E-state index contributed by atoms with van der Waals surface area (Å²) in [5.74, 6) is 1.74. The van der Waals surface area contributed by atoms with E-state index < -0.39 is 0 Å². The van der Waals surface area contributed by atoms with Crippen LogP contribution in [-0.2, 0) is 13.0 Å². The van der Waals surface area contributed by atoms with Crippen LogP contribution in [0.4, 0.5) is 5.69 Å². The number of hydrogen-bond donors (Lipinski definition) is 2. The molecule has 0 unspecified atom stereocenters. The van der Waals surface area contributed by atoms with Crippen LogP contribution in [0.25, 0.3) is 0 Å². The average Bonchev–Trinajstić information content (AvgIpc) is 2.84. The van der Waals surface area contributed by atoms with Crippen molar-refractivity contribution in [3.05, 3.63) is 39.3 Å². The summed E-state index contributed by atoms with van der Waals surface area (Å²) in [5.41, 5.74) is 1.88. The number of H-pyrrole nitrogens is 1. The summed E-state index contributed by atoms with van der Waals surface area (Å²) in [6.45, 7) is 2.76. The van der Waals surface area contributed by atoms with Crippen molar-refractivity contribution in [1.29, 1.82) is 0 Å². The monoisotopic (exact) mass is 371 g/mol. The van der Waals surface area contributed by atoms with Crippen LogP contribution in [0.2, 0.25) is 5.15 Å². The Hall–Kier alpha value is -1.20. The average molecular weight is 373 g/mol. The van der Waals surface area contributed by atoms with Gasteiger partial charge in [-0.2, -0.15) is 0 Å². The van der Waals surface area contributed by atoms with Crippen LogP contribution < -0.4 is 10.1 Å². The van der Waals surface area contributed by atoms with E-state index in [-0.39, 0.29) is 0 Å². The lowest BCUT2D eigenvalue weighted by molar-refractivity contribution is 0.412. The van der Waals surface area contributed by atoms with E-state index >= 15 is 0 Å². The van der Waals surface area contributed by atoms with Gasteiger partial charge in [-0.05, 0) is 34.5 Å². The molecular formula is C15H19BrClN3O. The van der Waals surface area contributed by atoms with Crippen LogP contribution in [0, 0.1) is 0 Å². The van der Waals surface area contributed by atoms with Gasteiger partial charge >= 0.3 is 0 Å². The minimum absolute atomic E-state index is 0.540. The fourth-order valence-electron chi connectivity index (χ4n) is 1.98. The predicted octanol–water partition coefficient (Wildman–Crippen LogP) is 4.79. The zero-order valence-corrected chi connectivity index (χ0v) is 14.5. The molecule has 114 valence electrons. The first kappa shape index (κ1) is 16.2. The molecule has 0 saturated heterocycles. The maximum atomic E-state index is 6.16. The van der Waals surface area contributed by atoms with Crippen LogP contribution in [0.3, 0.4) is 0 Å². The molecule has 0 aliphatic carbocycles. The predicted molar refractivity (Wildman–Crippen MR) is 90.2 cm³/mol. The van der Waals surface area contributed by atoms with Crippen molar-refractivity contribution in [3.63, 3.8) is 0 Å². The molecule has 0 atom stereocenters. The maximum Gasteiger partial charge on any atom is 0.152 e. The molecule has 1 aromatic heterocycles. The molecule has 6 heteroatoms. The number of nitrogens with one attached hydrogen (secondary N) is 2. The number of rotatable bonds is 7. The van der Waals surface area contributed by atoms with Crippen LogP contribution in [0.15, 0.2) is 22.7 Å². The second-order valence-electron chi connectivity index (χ2n) is 4.76. The molecule has 1 heterocycles. The maximum absolute atomic E-state index is 6.16. The van der Waals surface area contributed by atoms with Gasteiger partial charge in [0.1, 0.15) is 11.6 Å². The summed E-state index contributed by atoms with van der Waals surface area (Å²) in [5, 5.41) is 3.86.